The molecular formula is C18H21N. The summed E-state index contributed by atoms with van der Waals surface area (Å²) in [5, 5.41) is 0. The first kappa shape index (κ1) is 12.3. The van der Waals surface area contributed by atoms with E-state index in [2.05, 4.69) is 73.3 Å². The molecule has 2 aromatic carbocycles. The Hall–Kier alpha value is -1.76. The smallest absolute Gasteiger partial charge is 0.0435 e. The molecule has 0 aromatic heterocycles. The molecule has 0 bridgehead atoms. The molecule has 0 saturated carbocycles. The highest BCUT2D eigenvalue weighted by Crippen LogP contribution is 2.33. The first-order chi connectivity index (χ1) is 9.25. The first-order valence-electron chi connectivity index (χ1n) is 7.15. The van der Waals surface area contributed by atoms with Gasteiger partial charge in [0, 0.05) is 18.3 Å². The second kappa shape index (κ2) is 5.08. The number of benzene rings is 2. The molecule has 0 amide bonds. The minimum Gasteiger partial charge on any atom is -0.364 e. The monoisotopic (exact) mass is 251 g/mol. The van der Waals surface area contributed by atoms with Crippen LogP contribution >= 0.6 is 0 Å². The van der Waals surface area contributed by atoms with Gasteiger partial charge in [-0.3, -0.25) is 0 Å². The molecule has 1 aliphatic heterocycles. The van der Waals surface area contributed by atoms with Crippen molar-refractivity contribution < 1.29 is 0 Å². The summed E-state index contributed by atoms with van der Waals surface area (Å²) < 4.78 is 0. The van der Waals surface area contributed by atoms with E-state index in [4.69, 9.17) is 0 Å². The van der Waals surface area contributed by atoms with Crippen LogP contribution in [0.15, 0.2) is 54.6 Å². The molecule has 0 aliphatic carbocycles. The van der Waals surface area contributed by atoms with Crippen LogP contribution in [0.1, 0.15) is 37.3 Å². The Morgan fingerprint density at radius 3 is 2.37 bits per heavy atom. The van der Waals surface area contributed by atoms with Gasteiger partial charge in [-0.1, -0.05) is 49.4 Å². The van der Waals surface area contributed by atoms with Crippen LogP contribution < -0.4 is 4.90 Å². The molecule has 2 unspecified atom stereocenters. The zero-order chi connectivity index (χ0) is 13.2. The van der Waals surface area contributed by atoms with Gasteiger partial charge in [-0.15, -0.1) is 0 Å². The fourth-order valence-electron chi connectivity index (χ4n) is 3.23. The van der Waals surface area contributed by atoms with Gasteiger partial charge in [0.25, 0.3) is 0 Å². The lowest BCUT2D eigenvalue weighted by Gasteiger charge is -2.30. The van der Waals surface area contributed by atoms with Crippen molar-refractivity contribution in [1.29, 1.82) is 0 Å². The zero-order valence-electron chi connectivity index (χ0n) is 11.7. The number of anilines is 1. The summed E-state index contributed by atoms with van der Waals surface area (Å²) in [5.41, 5.74) is 4.33. The highest BCUT2D eigenvalue weighted by molar-refractivity contribution is 5.49. The maximum Gasteiger partial charge on any atom is 0.0435 e. The molecule has 1 nitrogen and oxygen atoms in total. The number of nitrogens with zero attached hydrogens (tertiary/aromatic N) is 1. The van der Waals surface area contributed by atoms with Crippen LogP contribution in [-0.2, 0) is 6.54 Å². The molecular weight excluding hydrogens is 230 g/mol. The molecule has 3 rings (SSSR count). The van der Waals surface area contributed by atoms with E-state index in [9.17, 15) is 0 Å². The van der Waals surface area contributed by atoms with Gasteiger partial charge in [0.15, 0.2) is 0 Å². The van der Waals surface area contributed by atoms with Crippen molar-refractivity contribution in [3.8, 4) is 0 Å². The second-order valence-electron chi connectivity index (χ2n) is 5.65. The average molecular weight is 251 g/mol. The molecule has 0 fully saturated rings. The van der Waals surface area contributed by atoms with Gasteiger partial charge < -0.3 is 4.90 Å². The number of para-hydroxylation sites is 1. The Morgan fingerprint density at radius 2 is 1.58 bits per heavy atom. The maximum absolute atomic E-state index is 2.53. The molecule has 0 spiro atoms. The number of hydrogen-bond acceptors (Lipinski definition) is 1. The minimum absolute atomic E-state index is 0.574. The highest BCUT2D eigenvalue weighted by Gasteiger charge is 2.24. The first-order valence-corrected chi connectivity index (χ1v) is 7.15. The van der Waals surface area contributed by atoms with E-state index >= 15 is 0 Å². The summed E-state index contributed by atoms with van der Waals surface area (Å²) in [6.45, 7) is 5.71. The van der Waals surface area contributed by atoms with E-state index in [1.807, 2.05) is 0 Å². The van der Waals surface area contributed by atoms with E-state index in [-0.39, 0.29) is 0 Å². The third-order valence-electron chi connectivity index (χ3n) is 4.24. The lowest BCUT2D eigenvalue weighted by molar-refractivity contribution is 0.560. The van der Waals surface area contributed by atoms with E-state index in [1.165, 1.54) is 23.2 Å². The summed E-state index contributed by atoms with van der Waals surface area (Å²) in [6.07, 6.45) is 1.21. The summed E-state index contributed by atoms with van der Waals surface area (Å²) in [7, 11) is 0. The normalized spacial score (nSPS) is 22.7. The van der Waals surface area contributed by atoms with Crippen molar-refractivity contribution >= 4 is 5.69 Å². The summed E-state index contributed by atoms with van der Waals surface area (Å²) in [6, 6.07) is 20.2. The minimum atomic E-state index is 0.574. The van der Waals surface area contributed by atoms with Gasteiger partial charge in [0.1, 0.15) is 0 Å². The lowest BCUT2D eigenvalue weighted by Crippen LogP contribution is -2.31. The molecule has 1 aliphatic rings. The SMILES string of the molecule is CC1CC(C)N(c2ccccc2)Cc2ccccc21. The van der Waals surface area contributed by atoms with Crippen molar-refractivity contribution in [3.05, 3.63) is 65.7 Å². The molecule has 98 valence electrons. The number of rotatable bonds is 1. The van der Waals surface area contributed by atoms with Gasteiger partial charge in [0.05, 0.1) is 0 Å². The van der Waals surface area contributed by atoms with Crippen molar-refractivity contribution in [2.45, 2.75) is 38.8 Å². The Kier molecular flexibility index (Phi) is 3.29. The van der Waals surface area contributed by atoms with Gasteiger partial charge in [-0.25, -0.2) is 0 Å². The third-order valence-corrected chi connectivity index (χ3v) is 4.24. The van der Waals surface area contributed by atoms with Crippen LogP contribution in [0, 0.1) is 0 Å². The molecule has 2 aromatic rings. The number of hydrogen-bond donors (Lipinski definition) is 0. The number of fused-ring (bicyclic) bond motifs is 1. The van der Waals surface area contributed by atoms with Crippen molar-refractivity contribution in [2.75, 3.05) is 4.90 Å². The van der Waals surface area contributed by atoms with Crippen LogP contribution in [0.25, 0.3) is 0 Å². The predicted octanol–water partition coefficient (Wildman–Crippen LogP) is 4.59. The van der Waals surface area contributed by atoms with Gasteiger partial charge in [0.2, 0.25) is 0 Å². The topological polar surface area (TPSA) is 3.24 Å². The lowest BCUT2D eigenvalue weighted by atomic mass is 9.93. The van der Waals surface area contributed by atoms with Crippen molar-refractivity contribution in [3.63, 3.8) is 0 Å². The van der Waals surface area contributed by atoms with E-state index in [0.717, 1.165) is 6.54 Å². The Bertz CT molecular complexity index is 547. The van der Waals surface area contributed by atoms with E-state index in [1.54, 1.807) is 0 Å². The standard InChI is InChI=1S/C18H21N/c1-14-12-15(2)19(17-9-4-3-5-10-17)13-16-8-6-7-11-18(14)16/h3-11,14-15H,12-13H2,1-2H3. The van der Waals surface area contributed by atoms with Crippen LogP contribution in [0.3, 0.4) is 0 Å². The summed E-state index contributed by atoms with van der Waals surface area (Å²) in [4.78, 5) is 2.53. The van der Waals surface area contributed by atoms with E-state index < -0.39 is 0 Å². The van der Waals surface area contributed by atoms with Gasteiger partial charge in [-0.05, 0) is 42.5 Å². The summed E-state index contributed by atoms with van der Waals surface area (Å²) in [5.74, 6) is 0.639. The molecule has 0 saturated heterocycles. The molecule has 2 atom stereocenters. The Balaban J connectivity index is 2.00. The molecule has 0 radical (unpaired) electrons. The highest BCUT2D eigenvalue weighted by atomic mass is 15.2. The average Bonchev–Trinajstić information content (AvgIpc) is 2.57. The molecule has 1 heterocycles. The fraction of sp³-hybridized carbons (Fsp3) is 0.333. The van der Waals surface area contributed by atoms with Crippen LogP contribution in [0.2, 0.25) is 0 Å². The molecule has 19 heavy (non-hydrogen) atoms. The molecule has 0 N–H and O–H groups in total. The van der Waals surface area contributed by atoms with Crippen LogP contribution in [0.5, 0.6) is 0 Å². The third kappa shape index (κ3) is 2.37. The zero-order valence-corrected chi connectivity index (χ0v) is 11.7. The largest absolute Gasteiger partial charge is 0.364 e. The quantitative estimate of drug-likeness (QED) is 0.716. The predicted molar refractivity (Wildman–Crippen MR) is 81.6 cm³/mol. The fourth-order valence-corrected chi connectivity index (χ4v) is 3.23. The van der Waals surface area contributed by atoms with Gasteiger partial charge in [-0.2, -0.15) is 0 Å². The van der Waals surface area contributed by atoms with Crippen molar-refractivity contribution in [2.24, 2.45) is 0 Å². The van der Waals surface area contributed by atoms with E-state index in [0.29, 0.717) is 12.0 Å². The Morgan fingerprint density at radius 1 is 0.895 bits per heavy atom. The maximum atomic E-state index is 2.53. The Labute approximate surface area is 115 Å². The van der Waals surface area contributed by atoms with Crippen LogP contribution in [0.4, 0.5) is 5.69 Å². The van der Waals surface area contributed by atoms with Gasteiger partial charge >= 0.3 is 0 Å². The molecule has 1 heteroatoms. The second-order valence-corrected chi connectivity index (χ2v) is 5.65. The van der Waals surface area contributed by atoms with Crippen LogP contribution in [-0.4, -0.2) is 6.04 Å². The summed E-state index contributed by atoms with van der Waals surface area (Å²) >= 11 is 0. The van der Waals surface area contributed by atoms with Crippen molar-refractivity contribution in [1.82, 2.24) is 0 Å².